The lowest BCUT2D eigenvalue weighted by Gasteiger charge is -2.15. The van der Waals surface area contributed by atoms with Crippen LogP contribution < -0.4 is 15.6 Å². The van der Waals surface area contributed by atoms with Crippen molar-refractivity contribution in [3.05, 3.63) is 58.6 Å². The standard InChI is InChI=1S/C19H22N4O2/c1-4-25-15-7-5-6-14(10-15)11-21-18-19(24)23(13(2)3)17-12-20-9-8-16(17)22-18/h5-10,12-13H,4,11H2,1-3H3,(H,21,22). The molecule has 0 saturated heterocycles. The van der Waals surface area contributed by atoms with Crippen molar-refractivity contribution in [3.63, 3.8) is 0 Å². The molecule has 0 unspecified atom stereocenters. The Labute approximate surface area is 146 Å². The molecule has 130 valence electrons. The van der Waals surface area contributed by atoms with Crippen LogP contribution in [-0.4, -0.2) is 21.1 Å². The summed E-state index contributed by atoms with van der Waals surface area (Å²) in [7, 11) is 0. The summed E-state index contributed by atoms with van der Waals surface area (Å²) in [6, 6.07) is 9.64. The lowest BCUT2D eigenvalue weighted by molar-refractivity contribution is 0.340. The minimum atomic E-state index is -0.142. The number of rotatable bonds is 6. The summed E-state index contributed by atoms with van der Waals surface area (Å²) in [5.41, 5.74) is 2.37. The van der Waals surface area contributed by atoms with E-state index in [1.54, 1.807) is 17.0 Å². The highest BCUT2D eigenvalue weighted by Crippen LogP contribution is 2.17. The van der Waals surface area contributed by atoms with Crippen molar-refractivity contribution in [1.29, 1.82) is 0 Å². The Balaban J connectivity index is 1.93. The second kappa shape index (κ2) is 7.34. The van der Waals surface area contributed by atoms with E-state index in [2.05, 4.69) is 15.3 Å². The fourth-order valence-electron chi connectivity index (χ4n) is 2.78. The Hall–Kier alpha value is -2.89. The summed E-state index contributed by atoms with van der Waals surface area (Å²) in [6.45, 7) is 7.02. The fourth-order valence-corrected chi connectivity index (χ4v) is 2.78. The molecule has 2 heterocycles. The molecule has 25 heavy (non-hydrogen) atoms. The van der Waals surface area contributed by atoms with E-state index in [4.69, 9.17) is 4.74 Å². The first kappa shape index (κ1) is 17.0. The molecule has 0 fully saturated rings. The SMILES string of the molecule is CCOc1cccc(CNc2nc3ccncc3n(C(C)C)c2=O)c1. The zero-order valence-electron chi connectivity index (χ0n) is 14.7. The number of nitrogens with one attached hydrogen (secondary N) is 1. The second-order valence-electron chi connectivity index (χ2n) is 6.03. The van der Waals surface area contributed by atoms with Crippen LogP contribution in [0.25, 0.3) is 11.0 Å². The molecule has 3 rings (SSSR count). The van der Waals surface area contributed by atoms with Gasteiger partial charge in [-0.05, 0) is 44.5 Å². The molecular weight excluding hydrogens is 316 g/mol. The number of aromatic nitrogens is 3. The third-order valence-corrected chi connectivity index (χ3v) is 3.88. The van der Waals surface area contributed by atoms with Gasteiger partial charge in [0.05, 0.1) is 23.8 Å². The molecule has 0 bridgehead atoms. The summed E-state index contributed by atoms with van der Waals surface area (Å²) in [6.07, 6.45) is 3.36. The van der Waals surface area contributed by atoms with Gasteiger partial charge in [0.25, 0.3) is 5.56 Å². The monoisotopic (exact) mass is 338 g/mol. The van der Waals surface area contributed by atoms with Crippen molar-refractivity contribution in [2.75, 3.05) is 11.9 Å². The molecule has 0 amide bonds. The topological polar surface area (TPSA) is 69.0 Å². The summed E-state index contributed by atoms with van der Waals surface area (Å²) in [5.74, 6) is 1.16. The number of benzene rings is 1. The molecule has 1 N–H and O–H groups in total. The minimum Gasteiger partial charge on any atom is -0.494 e. The summed E-state index contributed by atoms with van der Waals surface area (Å²) >= 11 is 0. The number of hydrogen-bond acceptors (Lipinski definition) is 5. The van der Waals surface area contributed by atoms with Gasteiger partial charge in [-0.25, -0.2) is 4.98 Å². The van der Waals surface area contributed by atoms with E-state index in [1.165, 1.54) is 0 Å². The molecule has 1 aromatic carbocycles. The Kier molecular flexibility index (Phi) is 4.97. The van der Waals surface area contributed by atoms with Crippen molar-refractivity contribution < 1.29 is 4.74 Å². The molecule has 0 spiro atoms. The number of hydrogen-bond donors (Lipinski definition) is 1. The van der Waals surface area contributed by atoms with E-state index >= 15 is 0 Å². The van der Waals surface area contributed by atoms with Crippen LogP contribution in [0.15, 0.2) is 47.5 Å². The van der Waals surface area contributed by atoms with Crippen LogP contribution >= 0.6 is 0 Å². The van der Waals surface area contributed by atoms with E-state index in [0.717, 1.165) is 22.3 Å². The number of pyridine rings is 1. The van der Waals surface area contributed by atoms with Crippen molar-refractivity contribution in [2.45, 2.75) is 33.4 Å². The maximum absolute atomic E-state index is 12.8. The van der Waals surface area contributed by atoms with Gasteiger partial charge in [-0.1, -0.05) is 12.1 Å². The Morgan fingerprint density at radius 1 is 1.28 bits per heavy atom. The van der Waals surface area contributed by atoms with Crippen LogP contribution in [-0.2, 0) is 6.54 Å². The van der Waals surface area contributed by atoms with E-state index in [0.29, 0.717) is 19.0 Å². The quantitative estimate of drug-likeness (QED) is 0.746. The average molecular weight is 338 g/mol. The second-order valence-corrected chi connectivity index (χ2v) is 6.03. The maximum atomic E-state index is 12.8. The summed E-state index contributed by atoms with van der Waals surface area (Å²) in [5, 5.41) is 3.17. The van der Waals surface area contributed by atoms with Crippen molar-refractivity contribution in [1.82, 2.24) is 14.5 Å². The van der Waals surface area contributed by atoms with Gasteiger partial charge in [0.2, 0.25) is 0 Å². The van der Waals surface area contributed by atoms with Crippen molar-refractivity contribution in [3.8, 4) is 5.75 Å². The first-order chi connectivity index (χ1) is 12.1. The predicted molar refractivity (Wildman–Crippen MR) is 99.1 cm³/mol. The minimum absolute atomic E-state index is 0.0176. The Morgan fingerprint density at radius 2 is 2.12 bits per heavy atom. The first-order valence-corrected chi connectivity index (χ1v) is 8.42. The third kappa shape index (κ3) is 3.63. The van der Waals surface area contributed by atoms with Crippen LogP contribution in [0, 0.1) is 0 Å². The molecule has 0 aliphatic heterocycles. The van der Waals surface area contributed by atoms with E-state index in [1.807, 2.05) is 51.1 Å². The van der Waals surface area contributed by atoms with Gasteiger partial charge in [0.15, 0.2) is 5.82 Å². The van der Waals surface area contributed by atoms with Crippen LogP contribution in [0.5, 0.6) is 5.75 Å². The third-order valence-electron chi connectivity index (χ3n) is 3.88. The number of ether oxygens (including phenoxy) is 1. The Bertz CT molecular complexity index is 934. The maximum Gasteiger partial charge on any atom is 0.294 e. The van der Waals surface area contributed by atoms with Crippen LogP contribution in [0.4, 0.5) is 5.82 Å². The van der Waals surface area contributed by atoms with Gasteiger partial charge in [0.1, 0.15) is 5.75 Å². The molecule has 6 nitrogen and oxygen atoms in total. The molecule has 3 aromatic rings. The van der Waals surface area contributed by atoms with E-state index in [-0.39, 0.29) is 11.6 Å². The van der Waals surface area contributed by atoms with Crippen LogP contribution in [0.2, 0.25) is 0 Å². The number of fused-ring (bicyclic) bond motifs is 1. The number of nitrogens with zero attached hydrogens (tertiary/aromatic N) is 3. The zero-order valence-corrected chi connectivity index (χ0v) is 14.7. The smallest absolute Gasteiger partial charge is 0.294 e. The van der Waals surface area contributed by atoms with Gasteiger partial charge in [0, 0.05) is 18.8 Å². The van der Waals surface area contributed by atoms with Crippen molar-refractivity contribution in [2.24, 2.45) is 0 Å². The van der Waals surface area contributed by atoms with Crippen LogP contribution in [0.3, 0.4) is 0 Å². The molecule has 0 atom stereocenters. The van der Waals surface area contributed by atoms with Gasteiger partial charge in [-0.2, -0.15) is 0 Å². The lowest BCUT2D eigenvalue weighted by atomic mass is 10.2. The highest BCUT2D eigenvalue weighted by molar-refractivity contribution is 5.75. The van der Waals surface area contributed by atoms with Gasteiger partial charge >= 0.3 is 0 Å². The van der Waals surface area contributed by atoms with Crippen LogP contribution in [0.1, 0.15) is 32.4 Å². The highest BCUT2D eigenvalue weighted by Gasteiger charge is 2.13. The summed E-state index contributed by atoms with van der Waals surface area (Å²) in [4.78, 5) is 21.4. The zero-order chi connectivity index (χ0) is 17.8. The normalized spacial score (nSPS) is 11.0. The fraction of sp³-hybridized carbons (Fsp3) is 0.316. The summed E-state index contributed by atoms with van der Waals surface area (Å²) < 4.78 is 7.23. The lowest BCUT2D eigenvalue weighted by Crippen LogP contribution is -2.26. The average Bonchev–Trinajstić information content (AvgIpc) is 2.60. The molecule has 2 aromatic heterocycles. The van der Waals surface area contributed by atoms with Gasteiger partial charge in [-0.3, -0.25) is 14.3 Å². The molecule has 0 saturated carbocycles. The molecule has 0 aliphatic rings. The largest absolute Gasteiger partial charge is 0.494 e. The molecule has 0 aliphatic carbocycles. The molecule has 0 radical (unpaired) electrons. The van der Waals surface area contributed by atoms with E-state index < -0.39 is 0 Å². The number of anilines is 1. The molecule has 6 heteroatoms. The molecular formula is C19H22N4O2. The van der Waals surface area contributed by atoms with Crippen molar-refractivity contribution >= 4 is 16.9 Å². The first-order valence-electron chi connectivity index (χ1n) is 8.42. The van der Waals surface area contributed by atoms with E-state index in [9.17, 15) is 4.79 Å². The van der Waals surface area contributed by atoms with Gasteiger partial charge in [-0.15, -0.1) is 0 Å². The predicted octanol–water partition coefficient (Wildman–Crippen LogP) is 3.38. The highest BCUT2D eigenvalue weighted by atomic mass is 16.5. The van der Waals surface area contributed by atoms with Gasteiger partial charge < -0.3 is 10.1 Å². The Morgan fingerprint density at radius 3 is 2.88 bits per heavy atom.